The van der Waals surface area contributed by atoms with Gasteiger partial charge in [0.1, 0.15) is 5.75 Å². The number of fused-ring (bicyclic) bond motifs is 3. The van der Waals surface area contributed by atoms with E-state index in [1.54, 1.807) is 7.11 Å². The van der Waals surface area contributed by atoms with Crippen molar-refractivity contribution in [3.8, 4) is 5.75 Å². The Hall–Kier alpha value is -2.29. The Balaban J connectivity index is 1.60. The molecule has 1 aliphatic heterocycles. The van der Waals surface area contributed by atoms with E-state index in [0.29, 0.717) is 5.92 Å². The van der Waals surface area contributed by atoms with Crippen molar-refractivity contribution in [3.05, 3.63) is 65.2 Å². The molecular formula is C19H20N2O. The van der Waals surface area contributed by atoms with E-state index < -0.39 is 0 Å². The summed E-state index contributed by atoms with van der Waals surface area (Å²) in [7, 11) is 1.72. The Bertz CT molecular complexity index is 709. The van der Waals surface area contributed by atoms with Crippen LogP contribution in [0.3, 0.4) is 0 Å². The van der Waals surface area contributed by atoms with Crippen LogP contribution in [0.25, 0.3) is 0 Å². The van der Waals surface area contributed by atoms with Crippen LogP contribution in [-0.4, -0.2) is 24.4 Å². The highest BCUT2D eigenvalue weighted by Crippen LogP contribution is 2.33. The third kappa shape index (κ3) is 2.37. The maximum absolute atomic E-state index is 5.34. The van der Waals surface area contributed by atoms with Gasteiger partial charge in [0.25, 0.3) is 0 Å². The highest BCUT2D eigenvalue weighted by molar-refractivity contribution is 6.05. The first-order valence-electron chi connectivity index (χ1n) is 7.88. The van der Waals surface area contributed by atoms with Gasteiger partial charge in [-0.2, -0.15) is 5.10 Å². The molecule has 0 aromatic heterocycles. The lowest BCUT2D eigenvalue weighted by atomic mass is 9.82. The summed E-state index contributed by atoms with van der Waals surface area (Å²) in [5, 5.41) is 7.13. The van der Waals surface area contributed by atoms with E-state index in [9.17, 15) is 0 Å². The van der Waals surface area contributed by atoms with Crippen molar-refractivity contribution in [1.29, 1.82) is 0 Å². The zero-order valence-electron chi connectivity index (χ0n) is 12.8. The highest BCUT2D eigenvalue weighted by Gasteiger charge is 2.32. The molecule has 0 N–H and O–H groups in total. The quantitative estimate of drug-likeness (QED) is 0.865. The van der Waals surface area contributed by atoms with E-state index in [1.165, 1.54) is 28.8 Å². The van der Waals surface area contributed by atoms with Gasteiger partial charge in [-0.05, 0) is 42.2 Å². The van der Waals surface area contributed by atoms with Gasteiger partial charge in [-0.15, -0.1) is 0 Å². The maximum atomic E-state index is 5.34. The Morgan fingerprint density at radius 2 is 2.05 bits per heavy atom. The van der Waals surface area contributed by atoms with Crippen molar-refractivity contribution in [3.63, 3.8) is 0 Å². The molecule has 0 amide bonds. The van der Waals surface area contributed by atoms with Crippen molar-refractivity contribution < 1.29 is 4.74 Å². The fraction of sp³-hybridized carbons (Fsp3) is 0.316. The number of nitrogens with zero attached hydrogens (tertiary/aromatic N) is 2. The summed E-state index contributed by atoms with van der Waals surface area (Å²) in [5.41, 5.74) is 5.27. The number of methoxy groups -OCH3 is 1. The number of aryl methyl sites for hydroxylation is 1. The molecule has 3 heteroatoms. The SMILES string of the molecule is COc1ccc2c(c1)CC[C@H]1CN(Cc3ccccc3)N=C21. The van der Waals surface area contributed by atoms with Gasteiger partial charge in [0.15, 0.2) is 0 Å². The van der Waals surface area contributed by atoms with Gasteiger partial charge in [-0.3, -0.25) is 5.01 Å². The zero-order chi connectivity index (χ0) is 14.9. The predicted octanol–water partition coefficient (Wildman–Crippen LogP) is 3.48. The van der Waals surface area contributed by atoms with Crippen molar-refractivity contribution in [1.82, 2.24) is 5.01 Å². The van der Waals surface area contributed by atoms with Gasteiger partial charge < -0.3 is 4.74 Å². The van der Waals surface area contributed by atoms with Gasteiger partial charge in [0.2, 0.25) is 0 Å². The number of hydrogen-bond donors (Lipinski definition) is 0. The molecule has 0 spiro atoms. The largest absolute Gasteiger partial charge is 0.497 e. The molecule has 1 aliphatic carbocycles. The third-order valence-electron chi connectivity index (χ3n) is 4.63. The van der Waals surface area contributed by atoms with Gasteiger partial charge in [0.05, 0.1) is 19.4 Å². The minimum absolute atomic E-state index is 0.574. The minimum Gasteiger partial charge on any atom is -0.497 e. The first-order chi connectivity index (χ1) is 10.8. The molecule has 0 saturated heterocycles. The van der Waals surface area contributed by atoms with Crippen LogP contribution in [0.15, 0.2) is 53.6 Å². The molecule has 0 radical (unpaired) electrons. The van der Waals surface area contributed by atoms with E-state index in [0.717, 1.165) is 25.3 Å². The minimum atomic E-state index is 0.574. The van der Waals surface area contributed by atoms with Crippen LogP contribution in [0.1, 0.15) is 23.1 Å². The first-order valence-corrected chi connectivity index (χ1v) is 7.88. The molecule has 22 heavy (non-hydrogen) atoms. The molecule has 0 unspecified atom stereocenters. The summed E-state index contributed by atoms with van der Waals surface area (Å²) >= 11 is 0. The molecule has 4 rings (SSSR count). The summed E-state index contributed by atoms with van der Waals surface area (Å²) in [6.45, 7) is 1.93. The Labute approximate surface area is 131 Å². The van der Waals surface area contributed by atoms with Gasteiger partial charge in [-0.1, -0.05) is 30.3 Å². The lowest BCUT2D eigenvalue weighted by molar-refractivity contribution is 0.283. The normalized spacial score (nSPS) is 19.4. The van der Waals surface area contributed by atoms with E-state index >= 15 is 0 Å². The predicted molar refractivity (Wildman–Crippen MR) is 88.2 cm³/mol. The average molecular weight is 292 g/mol. The summed E-state index contributed by atoms with van der Waals surface area (Å²) in [6.07, 6.45) is 2.31. The van der Waals surface area contributed by atoms with Crippen LogP contribution in [-0.2, 0) is 13.0 Å². The van der Waals surface area contributed by atoms with Crippen molar-refractivity contribution in [2.24, 2.45) is 11.0 Å². The topological polar surface area (TPSA) is 24.8 Å². The second-order valence-corrected chi connectivity index (χ2v) is 6.08. The Morgan fingerprint density at radius 3 is 2.86 bits per heavy atom. The molecule has 112 valence electrons. The van der Waals surface area contributed by atoms with Crippen LogP contribution in [0.4, 0.5) is 0 Å². The van der Waals surface area contributed by atoms with Gasteiger partial charge >= 0.3 is 0 Å². The second kappa shape index (κ2) is 5.48. The van der Waals surface area contributed by atoms with E-state index in [2.05, 4.69) is 47.5 Å². The summed E-state index contributed by atoms with van der Waals surface area (Å²) in [6, 6.07) is 17.0. The average Bonchev–Trinajstić information content (AvgIpc) is 2.98. The number of ether oxygens (including phenoxy) is 1. The van der Waals surface area contributed by atoms with Crippen LogP contribution in [0.5, 0.6) is 5.75 Å². The van der Waals surface area contributed by atoms with Crippen LogP contribution >= 0.6 is 0 Å². The molecule has 0 fully saturated rings. The van der Waals surface area contributed by atoms with E-state index in [4.69, 9.17) is 9.84 Å². The van der Waals surface area contributed by atoms with Gasteiger partial charge in [-0.25, -0.2) is 0 Å². The highest BCUT2D eigenvalue weighted by atomic mass is 16.5. The fourth-order valence-corrected chi connectivity index (χ4v) is 3.50. The molecule has 2 aliphatic rings. The summed E-state index contributed by atoms with van der Waals surface area (Å²) in [5.74, 6) is 1.52. The lowest BCUT2D eigenvalue weighted by Crippen LogP contribution is -2.24. The summed E-state index contributed by atoms with van der Waals surface area (Å²) in [4.78, 5) is 0. The summed E-state index contributed by atoms with van der Waals surface area (Å²) < 4.78 is 5.34. The first kappa shape index (κ1) is 13.4. The molecule has 1 heterocycles. The smallest absolute Gasteiger partial charge is 0.119 e. The number of rotatable bonds is 3. The molecule has 0 bridgehead atoms. The fourth-order valence-electron chi connectivity index (χ4n) is 3.50. The van der Waals surface area contributed by atoms with Crippen LogP contribution in [0.2, 0.25) is 0 Å². The molecule has 2 aromatic rings. The Morgan fingerprint density at radius 1 is 1.18 bits per heavy atom. The second-order valence-electron chi connectivity index (χ2n) is 6.08. The molecular weight excluding hydrogens is 272 g/mol. The van der Waals surface area contributed by atoms with Crippen molar-refractivity contribution in [2.75, 3.05) is 13.7 Å². The van der Waals surface area contributed by atoms with Gasteiger partial charge in [0, 0.05) is 18.0 Å². The maximum Gasteiger partial charge on any atom is 0.119 e. The van der Waals surface area contributed by atoms with Crippen molar-refractivity contribution >= 4 is 5.71 Å². The van der Waals surface area contributed by atoms with Crippen LogP contribution < -0.4 is 4.74 Å². The van der Waals surface area contributed by atoms with E-state index in [1.807, 2.05) is 6.07 Å². The number of benzene rings is 2. The van der Waals surface area contributed by atoms with Crippen molar-refractivity contribution in [2.45, 2.75) is 19.4 Å². The molecule has 2 aromatic carbocycles. The number of hydrazone groups is 1. The molecule has 3 nitrogen and oxygen atoms in total. The molecule has 1 atom stereocenters. The zero-order valence-corrected chi connectivity index (χ0v) is 12.8. The standard InChI is InChI=1S/C19H20N2O/c1-22-17-9-10-18-15(11-17)7-8-16-13-21(20-19(16)18)12-14-5-3-2-4-6-14/h2-6,9-11,16H,7-8,12-13H2,1H3/t16-/m0/s1. The van der Waals surface area contributed by atoms with Crippen LogP contribution in [0, 0.1) is 5.92 Å². The third-order valence-corrected chi connectivity index (χ3v) is 4.63. The number of hydrogen-bond acceptors (Lipinski definition) is 3. The lowest BCUT2D eigenvalue weighted by Gasteiger charge is -2.22. The monoisotopic (exact) mass is 292 g/mol. The van der Waals surface area contributed by atoms with E-state index in [-0.39, 0.29) is 0 Å². The molecule has 0 saturated carbocycles. The Kier molecular flexibility index (Phi) is 3.34.